The number of carbonyl (C=O) groups is 1. The number of halogens is 2. The minimum Gasteiger partial charge on any atom is -0.372 e. The molecule has 1 atom stereocenters. The van der Waals surface area contributed by atoms with E-state index >= 15 is 0 Å². The third-order valence-corrected chi connectivity index (χ3v) is 2.82. The number of hydrogen-bond donors (Lipinski definition) is 2. The van der Waals surface area contributed by atoms with Gasteiger partial charge in [-0.15, -0.1) is 24.8 Å². The van der Waals surface area contributed by atoms with E-state index in [4.69, 9.17) is 5.73 Å². The van der Waals surface area contributed by atoms with E-state index in [0.29, 0.717) is 12.5 Å². The number of carbonyl (C=O) groups excluding carboxylic acids is 1. The fourth-order valence-corrected chi connectivity index (χ4v) is 1.61. The van der Waals surface area contributed by atoms with Gasteiger partial charge in [-0.3, -0.25) is 4.79 Å². The molecule has 1 unspecified atom stereocenters. The van der Waals surface area contributed by atoms with E-state index in [0.717, 1.165) is 11.4 Å². The lowest BCUT2D eigenvalue weighted by Gasteiger charge is -2.24. The molecular weight excluding hydrogens is 297 g/mol. The highest BCUT2D eigenvalue weighted by Gasteiger charge is 2.08. The van der Waals surface area contributed by atoms with Crippen molar-refractivity contribution in [3.63, 3.8) is 0 Å². The lowest BCUT2D eigenvalue weighted by Crippen LogP contribution is -2.26. The predicted octanol–water partition coefficient (Wildman–Crippen LogP) is 3.05. The summed E-state index contributed by atoms with van der Waals surface area (Å²) in [6.45, 7) is 6.07. The van der Waals surface area contributed by atoms with Crippen molar-refractivity contribution in [1.29, 1.82) is 0 Å². The summed E-state index contributed by atoms with van der Waals surface area (Å²) in [4.78, 5) is 13.8. The van der Waals surface area contributed by atoms with Crippen LogP contribution in [0.15, 0.2) is 24.3 Å². The van der Waals surface area contributed by atoms with E-state index in [2.05, 4.69) is 24.1 Å². The van der Waals surface area contributed by atoms with Gasteiger partial charge in [0, 0.05) is 36.9 Å². The van der Waals surface area contributed by atoms with Gasteiger partial charge in [0.05, 0.1) is 0 Å². The van der Waals surface area contributed by atoms with Gasteiger partial charge < -0.3 is 16.0 Å². The van der Waals surface area contributed by atoms with Crippen LogP contribution in [-0.2, 0) is 4.79 Å². The largest absolute Gasteiger partial charge is 0.372 e. The minimum absolute atomic E-state index is 0. The summed E-state index contributed by atoms with van der Waals surface area (Å²) in [5.74, 6) is -0.0469. The molecule has 0 fully saturated rings. The lowest BCUT2D eigenvalue weighted by atomic mass is 10.2. The Hall–Kier alpha value is -0.970. The van der Waals surface area contributed by atoms with Crippen molar-refractivity contribution in [2.45, 2.75) is 39.3 Å². The van der Waals surface area contributed by atoms with E-state index in [-0.39, 0.29) is 36.8 Å². The zero-order valence-electron chi connectivity index (χ0n) is 12.4. The molecule has 1 amide bonds. The third kappa shape index (κ3) is 6.98. The van der Waals surface area contributed by atoms with Crippen molar-refractivity contribution in [1.82, 2.24) is 0 Å². The zero-order chi connectivity index (χ0) is 13.7. The van der Waals surface area contributed by atoms with Crippen LogP contribution in [0.3, 0.4) is 0 Å². The molecule has 1 aromatic carbocycles. The Morgan fingerprint density at radius 2 is 1.90 bits per heavy atom. The summed E-state index contributed by atoms with van der Waals surface area (Å²) in [5, 5.41) is 2.86. The van der Waals surface area contributed by atoms with E-state index in [9.17, 15) is 4.79 Å². The molecule has 0 heterocycles. The molecule has 0 saturated heterocycles. The molecule has 0 bridgehead atoms. The van der Waals surface area contributed by atoms with Crippen LogP contribution in [0, 0.1) is 0 Å². The summed E-state index contributed by atoms with van der Waals surface area (Å²) in [7, 11) is 2.04. The number of benzene rings is 1. The quantitative estimate of drug-likeness (QED) is 0.876. The summed E-state index contributed by atoms with van der Waals surface area (Å²) in [6, 6.07) is 8.12. The Labute approximate surface area is 133 Å². The normalized spacial score (nSPS) is 11.1. The van der Waals surface area contributed by atoms with Gasteiger partial charge in [-0.25, -0.2) is 0 Å². The highest BCUT2D eigenvalue weighted by molar-refractivity contribution is 5.91. The minimum atomic E-state index is -0.119. The molecule has 0 aromatic heterocycles. The number of nitrogens with one attached hydrogen (secondary N) is 1. The van der Waals surface area contributed by atoms with Gasteiger partial charge in [-0.2, -0.15) is 0 Å². The first kappa shape index (κ1) is 21.3. The Balaban J connectivity index is 0. The number of rotatable bonds is 5. The van der Waals surface area contributed by atoms with Gasteiger partial charge in [0.2, 0.25) is 5.91 Å². The second-order valence-electron chi connectivity index (χ2n) is 4.98. The van der Waals surface area contributed by atoms with E-state index in [1.165, 1.54) is 0 Å². The van der Waals surface area contributed by atoms with Crippen LogP contribution < -0.4 is 16.0 Å². The molecule has 1 rings (SSSR count). The van der Waals surface area contributed by atoms with Crippen LogP contribution in [0.4, 0.5) is 11.4 Å². The molecule has 0 aliphatic rings. The SMILES string of the molecule is CC(N)CC(=O)Nc1cccc(N(C)C(C)C)c1.Cl.Cl. The van der Waals surface area contributed by atoms with Crippen molar-refractivity contribution < 1.29 is 4.79 Å². The zero-order valence-corrected chi connectivity index (χ0v) is 14.1. The lowest BCUT2D eigenvalue weighted by molar-refractivity contribution is -0.116. The van der Waals surface area contributed by atoms with Crippen LogP contribution in [0.1, 0.15) is 27.2 Å². The maximum Gasteiger partial charge on any atom is 0.225 e. The molecule has 0 saturated carbocycles. The van der Waals surface area contributed by atoms with Crippen molar-refractivity contribution in [3.8, 4) is 0 Å². The van der Waals surface area contributed by atoms with Crippen LogP contribution in [0.5, 0.6) is 0 Å². The van der Waals surface area contributed by atoms with E-state index in [1.54, 1.807) is 0 Å². The molecule has 116 valence electrons. The predicted molar refractivity (Wildman–Crippen MR) is 91.4 cm³/mol. The average molecular weight is 322 g/mol. The Morgan fingerprint density at radius 1 is 1.30 bits per heavy atom. The Kier molecular flexibility index (Phi) is 10.5. The van der Waals surface area contributed by atoms with Crippen molar-refractivity contribution in [2.24, 2.45) is 5.73 Å². The first-order valence-corrected chi connectivity index (χ1v) is 6.28. The maximum atomic E-state index is 11.6. The molecule has 20 heavy (non-hydrogen) atoms. The molecule has 1 aromatic rings. The number of hydrogen-bond acceptors (Lipinski definition) is 3. The van der Waals surface area contributed by atoms with Crippen molar-refractivity contribution in [3.05, 3.63) is 24.3 Å². The molecular formula is C14H25Cl2N3O. The molecule has 0 aliphatic heterocycles. The number of nitrogens with zero attached hydrogens (tertiary/aromatic N) is 1. The highest BCUT2D eigenvalue weighted by Crippen LogP contribution is 2.20. The van der Waals surface area contributed by atoms with Gasteiger partial charge in [0.25, 0.3) is 0 Å². The molecule has 3 N–H and O–H groups in total. The fourth-order valence-electron chi connectivity index (χ4n) is 1.61. The van der Waals surface area contributed by atoms with Gasteiger partial charge in [-0.1, -0.05) is 6.07 Å². The highest BCUT2D eigenvalue weighted by atomic mass is 35.5. The Morgan fingerprint density at radius 3 is 2.40 bits per heavy atom. The number of anilines is 2. The van der Waals surface area contributed by atoms with Crippen LogP contribution >= 0.6 is 24.8 Å². The van der Waals surface area contributed by atoms with E-state index in [1.807, 2.05) is 38.2 Å². The van der Waals surface area contributed by atoms with E-state index < -0.39 is 0 Å². The topological polar surface area (TPSA) is 58.4 Å². The summed E-state index contributed by atoms with van der Waals surface area (Å²) >= 11 is 0. The smallest absolute Gasteiger partial charge is 0.225 e. The van der Waals surface area contributed by atoms with Crippen LogP contribution in [0.2, 0.25) is 0 Å². The average Bonchev–Trinajstić information content (AvgIpc) is 2.26. The maximum absolute atomic E-state index is 11.6. The second-order valence-corrected chi connectivity index (χ2v) is 4.98. The summed E-state index contributed by atoms with van der Waals surface area (Å²) in [5.41, 5.74) is 7.49. The molecule has 6 heteroatoms. The van der Waals surface area contributed by atoms with Gasteiger partial charge in [-0.05, 0) is 39.0 Å². The van der Waals surface area contributed by atoms with Gasteiger partial charge in [0.15, 0.2) is 0 Å². The van der Waals surface area contributed by atoms with Crippen molar-refractivity contribution in [2.75, 3.05) is 17.3 Å². The van der Waals surface area contributed by atoms with Gasteiger partial charge in [0.1, 0.15) is 0 Å². The Bertz CT molecular complexity index is 411. The van der Waals surface area contributed by atoms with Crippen LogP contribution in [0.25, 0.3) is 0 Å². The number of nitrogens with two attached hydrogens (primary N) is 1. The number of amides is 1. The summed E-state index contributed by atoms with van der Waals surface area (Å²) in [6.07, 6.45) is 0.338. The summed E-state index contributed by atoms with van der Waals surface area (Å²) < 4.78 is 0. The molecule has 0 radical (unpaired) electrons. The third-order valence-electron chi connectivity index (χ3n) is 2.82. The molecule has 0 spiro atoms. The first-order valence-electron chi connectivity index (χ1n) is 6.28. The van der Waals surface area contributed by atoms with Crippen LogP contribution in [-0.4, -0.2) is 25.0 Å². The monoisotopic (exact) mass is 321 g/mol. The second kappa shape index (κ2) is 9.86. The molecule has 4 nitrogen and oxygen atoms in total. The van der Waals surface area contributed by atoms with Gasteiger partial charge >= 0.3 is 0 Å². The molecule has 0 aliphatic carbocycles. The fraction of sp³-hybridized carbons (Fsp3) is 0.500. The van der Waals surface area contributed by atoms with Crippen molar-refractivity contribution >= 4 is 42.1 Å². The first-order chi connectivity index (χ1) is 8.40. The standard InChI is InChI=1S/C14H23N3O.2ClH/c1-10(2)17(4)13-7-5-6-12(9-13)16-14(18)8-11(3)15;;/h5-7,9-11H,8,15H2,1-4H3,(H,16,18);2*1H.